The van der Waals surface area contributed by atoms with Crippen molar-refractivity contribution < 1.29 is 14.3 Å². The van der Waals surface area contributed by atoms with Gasteiger partial charge in [0.1, 0.15) is 18.0 Å². The molecule has 3 heterocycles. The quantitative estimate of drug-likeness (QED) is 0.761. The van der Waals surface area contributed by atoms with Gasteiger partial charge in [0.25, 0.3) is 5.91 Å². The number of fused-ring (bicyclic) bond motifs is 2. The van der Waals surface area contributed by atoms with Crippen molar-refractivity contribution in [1.29, 1.82) is 0 Å². The molecule has 0 unspecified atom stereocenters. The van der Waals surface area contributed by atoms with E-state index in [1.807, 2.05) is 32.0 Å². The molecular weight excluding hydrogens is 348 g/mol. The second-order valence-electron chi connectivity index (χ2n) is 6.44. The lowest BCUT2D eigenvalue weighted by molar-refractivity contribution is 0.0953. The molecule has 1 aliphatic rings. The minimum atomic E-state index is -0.0862. The van der Waals surface area contributed by atoms with Crippen LogP contribution in [0.3, 0.4) is 0 Å². The van der Waals surface area contributed by atoms with Gasteiger partial charge in [-0.3, -0.25) is 4.79 Å². The number of aryl methyl sites for hydroxylation is 3. The fraction of sp³-hybridized carbons (Fsp3) is 0.300. The minimum absolute atomic E-state index is 0.0862. The number of para-hydroxylation sites is 1. The third kappa shape index (κ3) is 2.90. The maximum atomic E-state index is 12.8. The average Bonchev–Trinajstić information content (AvgIpc) is 2.96. The van der Waals surface area contributed by atoms with Gasteiger partial charge in [0.2, 0.25) is 0 Å². The third-order valence-corrected chi connectivity index (χ3v) is 5.70. The Balaban J connectivity index is 1.59. The minimum Gasteiger partial charge on any atom is -0.486 e. The molecule has 0 saturated carbocycles. The standard InChI is InChI=1S/C20H20N2O3S/c1-11-9-12(2)22-20-16(11)13(3)18(26-20)19(23)21-10-14-5-4-6-15-17(14)25-8-7-24-15/h4-6,9H,7-8,10H2,1-3H3,(H,21,23). The molecule has 2 aromatic heterocycles. The summed E-state index contributed by atoms with van der Waals surface area (Å²) in [6.45, 7) is 7.49. The number of ether oxygens (including phenoxy) is 2. The molecule has 1 aliphatic heterocycles. The second kappa shape index (κ2) is 6.61. The van der Waals surface area contributed by atoms with E-state index in [0.29, 0.717) is 24.6 Å². The summed E-state index contributed by atoms with van der Waals surface area (Å²) < 4.78 is 11.3. The molecule has 1 amide bonds. The van der Waals surface area contributed by atoms with Crippen LogP contribution in [-0.2, 0) is 6.54 Å². The molecule has 1 aromatic carbocycles. The Bertz CT molecular complexity index is 1010. The first-order valence-electron chi connectivity index (χ1n) is 8.57. The predicted molar refractivity (Wildman–Crippen MR) is 102 cm³/mol. The van der Waals surface area contributed by atoms with E-state index < -0.39 is 0 Å². The number of hydrogen-bond donors (Lipinski definition) is 1. The van der Waals surface area contributed by atoms with Crippen LogP contribution in [0.25, 0.3) is 10.2 Å². The number of benzene rings is 1. The summed E-state index contributed by atoms with van der Waals surface area (Å²) >= 11 is 1.45. The summed E-state index contributed by atoms with van der Waals surface area (Å²) in [6, 6.07) is 7.79. The van der Waals surface area contributed by atoms with E-state index in [9.17, 15) is 4.79 Å². The van der Waals surface area contributed by atoms with E-state index in [1.165, 1.54) is 11.3 Å². The second-order valence-corrected chi connectivity index (χ2v) is 7.44. The van der Waals surface area contributed by atoms with Crippen LogP contribution in [-0.4, -0.2) is 24.1 Å². The fourth-order valence-corrected chi connectivity index (χ4v) is 4.58. The lowest BCUT2D eigenvalue weighted by atomic mass is 10.1. The highest BCUT2D eigenvalue weighted by Crippen LogP contribution is 2.34. The largest absolute Gasteiger partial charge is 0.486 e. The van der Waals surface area contributed by atoms with Gasteiger partial charge in [0.15, 0.2) is 11.5 Å². The highest BCUT2D eigenvalue weighted by molar-refractivity contribution is 7.20. The molecule has 0 saturated heterocycles. The van der Waals surface area contributed by atoms with Gasteiger partial charge < -0.3 is 14.8 Å². The Kier molecular flexibility index (Phi) is 4.28. The van der Waals surface area contributed by atoms with Crippen LogP contribution < -0.4 is 14.8 Å². The predicted octanol–water partition coefficient (Wildman–Crippen LogP) is 3.92. The van der Waals surface area contributed by atoms with Crippen LogP contribution in [0.4, 0.5) is 0 Å². The summed E-state index contributed by atoms with van der Waals surface area (Å²) in [6.07, 6.45) is 0. The first kappa shape index (κ1) is 16.8. The van der Waals surface area contributed by atoms with E-state index in [2.05, 4.69) is 23.3 Å². The Hall–Kier alpha value is -2.60. The molecule has 5 nitrogen and oxygen atoms in total. The highest BCUT2D eigenvalue weighted by atomic mass is 32.1. The zero-order valence-corrected chi connectivity index (χ0v) is 15.8. The molecule has 0 fully saturated rings. The number of nitrogens with one attached hydrogen (secondary N) is 1. The molecule has 1 N–H and O–H groups in total. The van der Waals surface area contributed by atoms with Crippen molar-refractivity contribution in [2.45, 2.75) is 27.3 Å². The van der Waals surface area contributed by atoms with Crippen molar-refractivity contribution in [1.82, 2.24) is 10.3 Å². The molecule has 0 bridgehead atoms. The first-order chi connectivity index (χ1) is 12.5. The molecule has 3 aromatic rings. The van der Waals surface area contributed by atoms with E-state index in [1.54, 1.807) is 0 Å². The first-order valence-corrected chi connectivity index (χ1v) is 9.39. The van der Waals surface area contributed by atoms with Crippen LogP contribution in [0.1, 0.15) is 32.1 Å². The van der Waals surface area contributed by atoms with Crippen molar-refractivity contribution in [3.05, 3.63) is 51.5 Å². The van der Waals surface area contributed by atoms with Crippen LogP contribution in [0.2, 0.25) is 0 Å². The molecule has 0 atom stereocenters. The molecule has 134 valence electrons. The van der Waals surface area contributed by atoms with Gasteiger partial charge in [-0.15, -0.1) is 11.3 Å². The summed E-state index contributed by atoms with van der Waals surface area (Å²) in [4.78, 5) is 19.0. The van der Waals surface area contributed by atoms with Crippen molar-refractivity contribution in [3.63, 3.8) is 0 Å². The van der Waals surface area contributed by atoms with E-state index in [0.717, 1.165) is 44.1 Å². The van der Waals surface area contributed by atoms with Gasteiger partial charge in [0.05, 0.1) is 4.88 Å². The smallest absolute Gasteiger partial charge is 0.261 e. The molecule has 4 rings (SSSR count). The number of amides is 1. The molecule has 0 aliphatic carbocycles. The van der Waals surface area contributed by atoms with Crippen LogP contribution >= 0.6 is 11.3 Å². The summed E-state index contributed by atoms with van der Waals surface area (Å²) in [5, 5.41) is 4.09. The van der Waals surface area contributed by atoms with Gasteiger partial charge in [-0.05, 0) is 44.0 Å². The number of carbonyl (C=O) groups excluding carboxylic acids is 1. The van der Waals surface area contributed by atoms with Crippen LogP contribution in [0.15, 0.2) is 24.3 Å². The molecular formula is C20H20N2O3S. The average molecular weight is 368 g/mol. The van der Waals surface area contributed by atoms with Crippen molar-refractivity contribution in [2.75, 3.05) is 13.2 Å². The fourth-order valence-electron chi connectivity index (χ4n) is 3.37. The number of thiophene rings is 1. The molecule has 26 heavy (non-hydrogen) atoms. The number of aromatic nitrogens is 1. The topological polar surface area (TPSA) is 60.5 Å². The van der Waals surface area contributed by atoms with Crippen LogP contribution in [0, 0.1) is 20.8 Å². The summed E-state index contributed by atoms with van der Waals surface area (Å²) in [5.74, 6) is 1.37. The zero-order valence-electron chi connectivity index (χ0n) is 15.0. The monoisotopic (exact) mass is 368 g/mol. The third-order valence-electron chi connectivity index (χ3n) is 4.52. The maximum Gasteiger partial charge on any atom is 0.261 e. The summed E-state index contributed by atoms with van der Waals surface area (Å²) in [7, 11) is 0. The Morgan fingerprint density at radius 2 is 2.04 bits per heavy atom. The Labute approximate surface area is 156 Å². The van der Waals surface area contributed by atoms with Crippen LogP contribution in [0.5, 0.6) is 11.5 Å². The SMILES string of the molecule is Cc1cc(C)c2c(C)c(C(=O)NCc3cccc4c3OCCO4)sc2n1. The van der Waals surface area contributed by atoms with Gasteiger partial charge in [0, 0.05) is 23.2 Å². The number of rotatable bonds is 3. The zero-order chi connectivity index (χ0) is 18.3. The van der Waals surface area contributed by atoms with Gasteiger partial charge in [-0.1, -0.05) is 12.1 Å². The van der Waals surface area contributed by atoms with Crippen molar-refractivity contribution >= 4 is 27.5 Å². The van der Waals surface area contributed by atoms with E-state index >= 15 is 0 Å². The molecule has 0 radical (unpaired) electrons. The van der Waals surface area contributed by atoms with Crippen molar-refractivity contribution in [3.8, 4) is 11.5 Å². The van der Waals surface area contributed by atoms with E-state index in [4.69, 9.17) is 9.47 Å². The maximum absolute atomic E-state index is 12.8. The Morgan fingerprint density at radius 1 is 1.23 bits per heavy atom. The lowest BCUT2D eigenvalue weighted by Gasteiger charge is -2.21. The van der Waals surface area contributed by atoms with Gasteiger partial charge in [-0.25, -0.2) is 4.98 Å². The van der Waals surface area contributed by atoms with E-state index in [-0.39, 0.29) is 5.91 Å². The highest BCUT2D eigenvalue weighted by Gasteiger charge is 2.20. The number of carbonyl (C=O) groups is 1. The van der Waals surface area contributed by atoms with Gasteiger partial charge >= 0.3 is 0 Å². The Morgan fingerprint density at radius 3 is 2.88 bits per heavy atom. The molecule has 0 spiro atoms. The normalized spacial score (nSPS) is 13.0. The number of nitrogens with zero attached hydrogens (tertiary/aromatic N) is 1. The number of pyridine rings is 1. The summed E-state index contributed by atoms with van der Waals surface area (Å²) in [5.41, 5.74) is 4.03. The lowest BCUT2D eigenvalue weighted by Crippen LogP contribution is -2.24. The molecule has 6 heteroatoms. The van der Waals surface area contributed by atoms with Crippen molar-refractivity contribution in [2.24, 2.45) is 0 Å². The number of hydrogen-bond acceptors (Lipinski definition) is 5. The van der Waals surface area contributed by atoms with Gasteiger partial charge in [-0.2, -0.15) is 0 Å².